The molecule has 0 spiro atoms. The average Bonchev–Trinajstić information content (AvgIpc) is 2.60. The van der Waals surface area contributed by atoms with Gasteiger partial charge in [0.2, 0.25) is 10.0 Å². The van der Waals surface area contributed by atoms with E-state index in [1.807, 2.05) is 23.9 Å². The summed E-state index contributed by atoms with van der Waals surface area (Å²) in [5, 5.41) is 0.925. The van der Waals surface area contributed by atoms with Gasteiger partial charge in [0, 0.05) is 24.1 Å². The van der Waals surface area contributed by atoms with Crippen LogP contribution in [-0.2, 0) is 17.1 Å². The number of fused-ring (bicyclic) bond motifs is 1. The van der Waals surface area contributed by atoms with E-state index in [0.717, 1.165) is 10.9 Å². The Labute approximate surface area is 88.6 Å². The molecule has 0 saturated carbocycles. The van der Waals surface area contributed by atoms with Gasteiger partial charge in [-0.25, -0.2) is 13.1 Å². The van der Waals surface area contributed by atoms with Crippen molar-refractivity contribution < 1.29 is 8.42 Å². The number of sulfonamides is 1. The molecule has 0 amide bonds. The maximum Gasteiger partial charge on any atom is 0.240 e. The van der Waals surface area contributed by atoms with Crippen molar-refractivity contribution >= 4 is 20.9 Å². The van der Waals surface area contributed by atoms with E-state index in [1.54, 1.807) is 18.2 Å². The zero-order chi connectivity index (χ0) is 11.1. The minimum absolute atomic E-state index is 0.295. The monoisotopic (exact) mass is 224 g/mol. The summed E-state index contributed by atoms with van der Waals surface area (Å²) >= 11 is 0. The molecule has 1 heterocycles. The Kier molecular flexibility index (Phi) is 2.28. The van der Waals surface area contributed by atoms with Crippen molar-refractivity contribution in [2.45, 2.75) is 4.90 Å². The summed E-state index contributed by atoms with van der Waals surface area (Å²) in [6.45, 7) is 0. The number of nitrogens with one attached hydrogen (secondary N) is 1. The summed E-state index contributed by atoms with van der Waals surface area (Å²) in [6, 6.07) is 6.97. The van der Waals surface area contributed by atoms with Crippen molar-refractivity contribution in [3.63, 3.8) is 0 Å². The predicted octanol–water partition coefficient (Wildman–Crippen LogP) is 1.09. The van der Waals surface area contributed by atoms with Gasteiger partial charge in [0.1, 0.15) is 0 Å². The highest BCUT2D eigenvalue weighted by atomic mass is 32.2. The number of aromatic nitrogens is 1. The van der Waals surface area contributed by atoms with E-state index in [4.69, 9.17) is 0 Å². The van der Waals surface area contributed by atoms with Crippen LogP contribution < -0.4 is 4.72 Å². The number of rotatable bonds is 2. The summed E-state index contributed by atoms with van der Waals surface area (Å²) in [7, 11) is -0.00721. The molecule has 0 atom stereocenters. The van der Waals surface area contributed by atoms with Gasteiger partial charge in [-0.05, 0) is 31.3 Å². The molecule has 0 unspecified atom stereocenters. The quantitative estimate of drug-likeness (QED) is 0.830. The highest BCUT2D eigenvalue weighted by Crippen LogP contribution is 2.19. The zero-order valence-electron chi connectivity index (χ0n) is 8.56. The fraction of sp³-hybridized carbons (Fsp3) is 0.200. The highest BCUT2D eigenvalue weighted by Gasteiger charge is 2.11. The number of aryl methyl sites for hydroxylation is 1. The second-order valence-corrected chi connectivity index (χ2v) is 5.24. The van der Waals surface area contributed by atoms with Crippen LogP contribution in [0.5, 0.6) is 0 Å². The van der Waals surface area contributed by atoms with Gasteiger partial charge >= 0.3 is 0 Å². The van der Waals surface area contributed by atoms with E-state index in [1.165, 1.54) is 7.05 Å². The Morgan fingerprint density at radius 2 is 2.00 bits per heavy atom. The van der Waals surface area contributed by atoms with Crippen molar-refractivity contribution in [2.24, 2.45) is 7.05 Å². The van der Waals surface area contributed by atoms with Gasteiger partial charge in [0.25, 0.3) is 0 Å². The van der Waals surface area contributed by atoms with Gasteiger partial charge in [-0.3, -0.25) is 0 Å². The standard InChI is InChI=1S/C10H12N2O2S/c1-11-15(13,14)9-3-4-10-8(7-9)5-6-12(10)2/h3-7,11H,1-2H3. The second-order valence-electron chi connectivity index (χ2n) is 3.35. The number of benzene rings is 1. The first kappa shape index (κ1) is 10.2. The van der Waals surface area contributed by atoms with Crippen LogP contribution in [0.4, 0.5) is 0 Å². The van der Waals surface area contributed by atoms with Crippen molar-refractivity contribution in [2.75, 3.05) is 7.05 Å². The largest absolute Gasteiger partial charge is 0.351 e. The minimum Gasteiger partial charge on any atom is -0.351 e. The molecule has 0 aliphatic heterocycles. The van der Waals surface area contributed by atoms with Crippen LogP contribution in [0.1, 0.15) is 0 Å². The van der Waals surface area contributed by atoms with Crippen LogP contribution in [0.3, 0.4) is 0 Å². The third kappa shape index (κ3) is 1.64. The third-order valence-corrected chi connectivity index (χ3v) is 3.85. The first-order valence-corrected chi connectivity index (χ1v) is 6.01. The lowest BCUT2D eigenvalue weighted by Crippen LogP contribution is -2.18. The van der Waals surface area contributed by atoms with Crippen LogP contribution >= 0.6 is 0 Å². The molecule has 2 rings (SSSR count). The third-order valence-electron chi connectivity index (χ3n) is 2.44. The minimum atomic E-state index is -3.34. The topological polar surface area (TPSA) is 51.1 Å². The van der Waals surface area contributed by atoms with Gasteiger partial charge < -0.3 is 4.57 Å². The van der Waals surface area contributed by atoms with Crippen molar-refractivity contribution in [3.05, 3.63) is 30.5 Å². The normalized spacial score (nSPS) is 12.1. The summed E-state index contributed by atoms with van der Waals surface area (Å²) in [5.74, 6) is 0. The van der Waals surface area contributed by atoms with Crippen molar-refractivity contribution in [1.29, 1.82) is 0 Å². The molecular formula is C10H12N2O2S. The summed E-state index contributed by atoms with van der Waals surface area (Å²) in [6.07, 6.45) is 1.90. The smallest absolute Gasteiger partial charge is 0.240 e. The predicted molar refractivity (Wildman–Crippen MR) is 59.2 cm³/mol. The van der Waals surface area contributed by atoms with E-state index < -0.39 is 10.0 Å². The van der Waals surface area contributed by atoms with Gasteiger partial charge in [0.15, 0.2) is 0 Å². The van der Waals surface area contributed by atoms with Gasteiger partial charge in [-0.15, -0.1) is 0 Å². The lowest BCUT2D eigenvalue weighted by Gasteiger charge is -2.02. The Morgan fingerprint density at radius 3 is 2.67 bits per heavy atom. The lowest BCUT2D eigenvalue weighted by molar-refractivity contribution is 0.588. The number of nitrogens with zero attached hydrogens (tertiary/aromatic N) is 1. The van der Waals surface area contributed by atoms with Gasteiger partial charge in [0.05, 0.1) is 4.90 Å². The average molecular weight is 224 g/mol. The van der Waals surface area contributed by atoms with E-state index in [0.29, 0.717) is 4.90 Å². The van der Waals surface area contributed by atoms with Gasteiger partial charge in [-0.1, -0.05) is 0 Å². The van der Waals surface area contributed by atoms with Crippen LogP contribution in [0.15, 0.2) is 35.4 Å². The number of hydrogen-bond donors (Lipinski definition) is 1. The molecule has 1 aromatic heterocycles. The molecule has 4 nitrogen and oxygen atoms in total. The molecule has 1 N–H and O–H groups in total. The molecule has 0 aliphatic carbocycles. The molecule has 15 heavy (non-hydrogen) atoms. The van der Waals surface area contributed by atoms with Gasteiger partial charge in [-0.2, -0.15) is 0 Å². The zero-order valence-corrected chi connectivity index (χ0v) is 9.38. The fourth-order valence-corrected chi connectivity index (χ4v) is 2.31. The Bertz CT molecular complexity index is 599. The Morgan fingerprint density at radius 1 is 1.27 bits per heavy atom. The van der Waals surface area contributed by atoms with Crippen LogP contribution in [0.2, 0.25) is 0 Å². The fourth-order valence-electron chi connectivity index (χ4n) is 1.54. The first-order valence-electron chi connectivity index (χ1n) is 4.53. The molecule has 0 fully saturated rings. The van der Waals surface area contributed by atoms with E-state index >= 15 is 0 Å². The maximum absolute atomic E-state index is 11.5. The Hall–Kier alpha value is -1.33. The molecule has 2 aromatic rings. The summed E-state index contributed by atoms with van der Waals surface area (Å²) < 4.78 is 27.3. The highest BCUT2D eigenvalue weighted by molar-refractivity contribution is 7.89. The van der Waals surface area contributed by atoms with E-state index in [-0.39, 0.29) is 0 Å². The summed E-state index contributed by atoms with van der Waals surface area (Å²) in [5.41, 5.74) is 1.02. The first-order chi connectivity index (χ1) is 7.04. The second kappa shape index (κ2) is 3.36. The molecule has 0 bridgehead atoms. The lowest BCUT2D eigenvalue weighted by atomic mass is 10.2. The molecule has 5 heteroatoms. The number of hydrogen-bond acceptors (Lipinski definition) is 2. The summed E-state index contributed by atoms with van der Waals surface area (Å²) in [4.78, 5) is 0.295. The van der Waals surface area contributed by atoms with Crippen LogP contribution in [0, 0.1) is 0 Å². The Balaban J connectivity index is 2.67. The molecule has 0 aliphatic rings. The molecule has 0 saturated heterocycles. The molecular weight excluding hydrogens is 212 g/mol. The molecule has 80 valence electrons. The molecule has 0 radical (unpaired) electrons. The molecule has 1 aromatic carbocycles. The van der Waals surface area contributed by atoms with Crippen molar-refractivity contribution in [3.8, 4) is 0 Å². The van der Waals surface area contributed by atoms with E-state index in [9.17, 15) is 8.42 Å². The SMILES string of the molecule is CNS(=O)(=O)c1ccc2c(ccn2C)c1. The van der Waals surface area contributed by atoms with Crippen LogP contribution in [0.25, 0.3) is 10.9 Å². The van der Waals surface area contributed by atoms with Crippen LogP contribution in [-0.4, -0.2) is 20.0 Å². The van der Waals surface area contributed by atoms with E-state index in [2.05, 4.69) is 4.72 Å². The maximum atomic E-state index is 11.5. The van der Waals surface area contributed by atoms with Crippen molar-refractivity contribution in [1.82, 2.24) is 9.29 Å².